The largest absolute Gasteiger partial charge is 0.378 e. The lowest BCUT2D eigenvalue weighted by Gasteiger charge is -2.09. The van der Waals surface area contributed by atoms with E-state index >= 15 is 0 Å². The van der Waals surface area contributed by atoms with Gasteiger partial charge in [0, 0.05) is 22.9 Å². The van der Waals surface area contributed by atoms with Gasteiger partial charge < -0.3 is 15.2 Å². The molecule has 6 nitrogen and oxygen atoms in total. The van der Waals surface area contributed by atoms with Crippen LogP contribution in [0.2, 0.25) is 5.02 Å². The van der Waals surface area contributed by atoms with E-state index < -0.39 is 0 Å². The van der Waals surface area contributed by atoms with E-state index in [4.69, 9.17) is 11.6 Å². The highest BCUT2D eigenvalue weighted by Gasteiger charge is 2.13. The van der Waals surface area contributed by atoms with Gasteiger partial charge in [0.15, 0.2) is 11.0 Å². The van der Waals surface area contributed by atoms with Gasteiger partial charge in [-0.2, -0.15) is 0 Å². The number of hydrogen-bond acceptors (Lipinski definition) is 5. The Kier molecular flexibility index (Phi) is 6.73. The van der Waals surface area contributed by atoms with Gasteiger partial charge in [0.05, 0.1) is 12.3 Å². The maximum Gasteiger partial charge on any atom is 0.234 e. The molecule has 0 spiro atoms. The normalized spacial score (nSPS) is 10.6. The number of amides is 1. The highest BCUT2D eigenvalue weighted by molar-refractivity contribution is 7.99. The molecule has 0 fully saturated rings. The van der Waals surface area contributed by atoms with Crippen molar-refractivity contribution >= 4 is 40.6 Å². The van der Waals surface area contributed by atoms with Crippen LogP contribution in [-0.2, 0) is 17.9 Å². The molecule has 0 bridgehead atoms. The Morgan fingerprint density at radius 2 is 1.81 bits per heavy atom. The summed E-state index contributed by atoms with van der Waals surface area (Å²) in [5, 5.41) is 16.1. The van der Waals surface area contributed by atoms with E-state index in [2.05, 4.69) is 20.8 Å². The van der Waals surface area contributed by atoms with Crippen LogP contribution in [0.25, 0.3) is 0 Å². The fourth-order valence-electron chi connectivity index (χ4n) is 2.47. The van der Waals surface area contributed by atoms with Crippen molar-refractivity contribution in [3.63, 3.8) is 0 Å². The number of anilines is 2. The van der Waals surface area contributed by atoms with Crippen LogP contribution in [0, 0.1) is 0 Å². The molecule has 0 aliphatic carbocycles. The SMILES string of the molecule is CCn1c(CNc2ccc(Cl)cc2)nnc1SCC(=O)Nc1ccccc1. The van der Waals surface area contributed by atoms with Crippen molar-refractivity contribution in [2.24, 2.45) is 0 Å². The summed E-state index contributed by atoms with van der Waals surface area (Å²) in [6.45, 7) is 3.30. The Morgan fingerprint density at radius 1 is 1.07 bits per heavy atom. The maximum absolute atomic E-state index is 12.1. The number of halogens is 1. The number of carbonyl (C=O) groups is 1. The summed E-state index contributed by atoms with van der Waals surface area (Å²) >= 11 is 7.28. The molecule has 0 aliphatic heterocycles. The zero-order chi connectivity index (χ0) is 19.1. The van der Waals surface area contributed by atoms with Crippen LogP contribution in [0.15, 0.2) is 59.8 Å². The zero-order valence-electron chi connectivity index (χ0n) is 14.9. The minimum Gasteiger partial charge on any atom is -0.378 e. The predicted octanol–water partition coefficient (Wildman–Crippen LogP) is 4.29. The van der Waals surface area contributed by atoms with Gasteiger partial charge in [-0.3, -0.25) is 4.79 Å². The van der Waals surface area contributed by atoms with E-state index in [1.165, 1.54) is 11.8 Å². The fraction of sp³-hybridized carbons (Fsp3) is 0.211. The number of aromatic nitrogens is 3. The predicted molar refractivity (Wildman–Crippen MR) is 110 cm³/mol. The number of carbonyl (C=O) groups excluding carboxylic acids is 1. The summed E-state index contributed by atoms with van der Waals surface area (Å²) in [7, 11) is 0. The maximum atomic E-state index is 12.1. The lowest BCUT2D eigenvalue weighted by molar-refractivity contribution is -0.113. The number of benzene rings is 2. The van der Waals surface area contributed by atoms with Crippen LogP contribution in [0.4, 0.5) is 11.4 Å². The Morgan fingerprint density at radius 3 is 2.52 bits per heavy atom. The molecule has 140 valence electrons. The Balaban J connectivity index is 1.56. The zero-order valence-corrected chi connectivity index (χ0v) is 16.4. The second kappa shape index (κ2) is 9.43. The van der Waals surface area contributed by atoms with Gasteiger partial charge in [0.2, 0.25) is 5.91 Å². The molecule has 27 heavy (non-hydrogen) atoms. The number of thioether (sulfide) groups is 1. The summed E-state index contributed by atoms with van der Waals surface area (Å²) in [5.74, 6) is 1.02. The molecule has 0 unspecified atom stereocenters. The molecule has 8 heteroatoms. The lowest BCUT2D eigenvalue weighted by Crippen LogP contribution is -2.15. The van der Waals surface area contributed by atoms with Gasteiger partial charge in [-0.15, -0.1) is 10.2 Å². The first kappa shape index (κ1) is 19.3. The molecular weight excluding hydrogens is 382 g/mol. The first-order chi connectivity index (χ1) is 13.2. The second-order valence-corrected chi connectivity index (χ2v) is 7.09. The summed E-state index contributed by atoms with van der Waals surface area (Å²) in [6, 6.07) is 16.9. The van der Waals surface area contributed by atoms with Crippen LogP contribution in [0.5, 0.6) is 0 Å². The Labute approximate surface area is 167 Å². The molecule has 2 aromatic carbocycles. The number of nitrogens with one attached hydrogen (secondary N) is 2. The van der Waals surface area contributed by atoms with Crippen LogP contribution in [0.1, 0.15) is 12.7 Å². The molecule has 1 aromatic heterocycles. The minimum absolute atomic E-state index is 0.0716. The molecule has 3 aromatic rings. The highest BCUT2D eigenvalue weighted by Crippen LogP contribution is 2.19. The van der Waals surface area contributed by atoms with E-state index in [9.17, 15) is 4.79 Å². The minimum atomic E-state index is -0.0716. The van der Waals surface area contributed by atoms with Gasteiger partial charge in [0.1, 0.15) is 0 Å². The van der Waals surface area contributed by atoms with E-state index in [1.807, 2.05) is 66.1 Å². The van der Waals surface area contributed by atoms with E-state index in [0.29, 0.717) is 11.6 Å². The molecule has 1 amide bonds. The van der Waals surface area contributed by atoms with Gasteiger partial charge in [0.25, 0.3) is 0 Å². The summed E-state index contributed by atoms with van der Waals surface area (Å²) < 4.78 is 2.00. The van der Waals surface area contributed by atoms with E-state index in [1.54, 1.807) is 0 Å². The van der Waals surface area contributed by atoms with E-state index in [-0.39, 0.29) is 11.7 Å². The van der Waals surface area contributed by atoms with Crippen molar-refractivity contribution < 1.29 is 4.79 Å². The van der Waals surface area contributed by atoms with Crippen LogP contribution in [-0.4, -0.2) is 26.4 Å². The average molecular weight is 402 g/mol. The van der Waals surface area contributed by atoms with Crippen LogP contribution < -0.4 is 10.6 Å². The monoisotopic (exact) mass is 401 g/mol. The van der Waals surface area contributed by atoms with Crippen molar-refractivity contribution in [2.75, 3.05) is 16.4 Å². The fourth-order valence-corrected chi connectivity index (χ4v) is 3.42. The molecule has 0 atom stereocenters. The van der Waals surface area contributed by atoms with Gasteiger partial charge in [-0.05, 0) is 43.3 Å². The van der Waals surface area contributed by atoms with Crippen molar-refractivity contribution in [1.29, 1.82) is 0 Å². The first-order valence-corrected chi connectivity index (χ1v) is 9.91. The number of nitrogens with zero attached hydrogens (tertiary/aromatic N) is 3. The van der Waals surface area contributed by atoms with Crippen molar-refractivity contribution in [3.8, 4) is 0 Å². The Hall–Kier alpha value is -2.51. The van der Waals surface area contributed by atoms with Crippen molar-refractivity contribution in [3.05, 3.63) is 65.4 Å². The number of hydrogen-bond donors (Lipinski definition) is 2. The third kappa shape index (κ3) is 5.48. The smallest absolute Gasteiger partial charge is 0.234 e. The molecule has 3 rings (SSSR count). The summed E-state index contributed by atoms with van der Waals surface area (Å²) in [6.07, 6.45) is 0. The van der Waals surface area contributed by atoms with Gasteiger partial charge in [-0.25, -0.2) is 0 Å². The second-order valence-electron chi connectivity index (χ2n) is 5.71. The quantitative estimate of drug-likeness (QED) is 0.551. The van der Waals surface area contributed by atoms with Crippen molar-refractivity contribution in [2.45, 2.75) is 25.2 Å². The first-order valence-electron chi connectivity index (χ1n) is 8.55. The summed E-state index contributed by atoms with van der Waals surface area (Å²) in [5.41, 5.74) is 1.74. The number of para-hydroxylation sites is 1. The average Bonchev–Trinajstić information content (AvgIpc) is 3.08. The third-order valence-corrected chi connectivity index (χ3v) is 5.01. The molecule has 1 heterocycles. The lowest BCUT2D eigenvalue weighted by atomic mass is 10.3. The Bertz CT molecular complexity index is 883. The topological polar surface area (TPSA) is 71.8 Å². The third-order valence-electron chi connectivity index (χ3n) is 3.79. The van der Waals surface area contributed by atoms with Gasteiger partial charge in [-0.1, -0.05) is 41.6 Å². The molecule has 0 saturated heterocycles. The molecule has 0 saturated carbocycles. The van der Waals surface area contributed by atoms with Gasteiger partial charge >= 0.3 is 0 Å². The van der Waals surface area contributed by atoms with Crippen LogP contribution in [0.3, 0.4) is 0 Å². The molecular formula is C19H20ClN5OS. The molecule has 0 aliphatic rings. The van der Waals surface area contributed by atoms with Crippen molar-refractivity contribution in [1.82, 2.24) is 14.8 Å². The highest BCUT2D eigenvalue weighted by atomic mass is 35.5. The summed E-state index contributed by atoms with van der Waals surface area (Å²) in [4.78, 5) is 12.1. The number of rotatable bonds is 8. The standard InChI is InChI=1S/C19H20ClN5OS/c1-2-25-17(12-21-15-10-8-14(20)9-11-15)23-24-19(25)27-13-18(26)22-16-6-4-3-5-7-16/h3-11,21H,2,12-13H2,1H3,(H,22,26). The van der Waals surface area contributed by atoms with E-state index in [0.717, 1.165) is 28.9 Å². The molecule has 2 N–H and O–H groups in total. The van der Waals surface area contributed by atoms with Crippen LogP contribution >= 0.6 is 23.4 Å². The molecule has 0 radical (unpaired) electrons.